The van der Waals surface area contributed by atoms with Crippen molar-refractivity contribution >= 4 is 23.5 Å². The first-order valence-corrected chi connectivity index (χ1v) is 8.46. The van der Waals surface area contributed by atoms with Crippen LogP contribution in [0.25, 0.3) is 0 Å². The van der Waals surface area contributed by atoms with Crippen molar-refractivity contribution in [3.63, 3.8) is 0 Å². The van der Waals surface area contributed by atoms with Gasteiger partial charge in [-0.05, 0) is 56.5 Å². The van der Waals surface area contributed by atoms with Gasteiger partial charge in [0.25, 0.3) is 5.91 Å². The van der Waals surface area contributed by atoms with E-state index < -0.39 is 24.5 Å². The third-order valence-electron chi connectivity index (χ3n) is 4.15. The van der Waals surface area contributed by atoms with Crippen molar-refractivity contribution in [2.75, 3.05) is 19.0 Å². The molecular formula is C21H23NO5. The lowest BCUT2D eigenvalue weighted by atomic mass is 10.00. The van der Waals surface area contributed by atoms with Crippen LogP contribution in [0.4, 0.5) is 5.69 Å². The van der Waals surface area contributed by atoms with Gasteiger partial charge in [-0.25, -0.2) is 9.59 Å². The largest absolute Gasteiger partial charge is 0.465 e. The quantitative estimate of drug-likeness (QED) is 0.816. The van der Waals surface area contributed by atoms with E-state index in [4.69, 9.17) is 4.74 Å². The second kappa shape index (κ2) is 8.49. The molecule has 0 atom stereocenters. The predicted octanol–water partition coefficient (Wildman–Crippen LogP) is 3.50. The summed E-state index contributed by atoms with van der Waals surface area (Å²) in [5.41, 5.74) is 4.69. The Morgan fingerprint density at radius 3 is 2.11 bits per heavy atom. The van der Waals surface area contributed by atoms with Crippen LogP contribution in [-0.4, -0.2) is 31.6 Å². The van der Waals surface area contributed by atoms with Gasteiger partial charge in [-0.15, -0.1) is 0 Å². The Kier molecular flexibility index (Phi) is 6.34. The molecule has 0 saturated heterocycles. The third-order valence-corrected chi connectivity index (χ3v) is 4.15. The van der Waals surface area contributed by atoms with Crippen LogP contribution >= 0.6 is 0 Å². The molecule has 2 aromatic carbocycles. The molecule has 2 rings (SSSR count). The maximum absolute atomic E-state index is 12.3. The van der Waals surface area contributed by atoms with Gasteiger partial charge in [-0.3, -0.25) is 4.79 Å². The molecule has 0 aromatic heterocycles. The number of aryl methyl sites for hydroxylation is 4. The molecule has 6 heteroatoms. The standard InChI is InChI=1S/C21H23NO5/c1-12-8-14(3)19(15(4)9-12)21(25)27-11-18(23)22-17-10-16(20(24)26-5)7-6-13(17)2/h6-10H,11H2,1-5H3,(H,22,23). The minimum absolute atomic E-state index is 0.321. The lowest BCUT2D eigenvalue weighted by Gasteiger charge is -2.12. The Bertz CT molecular complexity index is 878. The molecule has 0 aliphatic heterocycles. The fraction of sp³-hybridized carbons (Fsp3) is 0.286. The Labute approximate surface area is 158 Å². The maximum atomic E-state index is 12.3. The summed E-state index contributed by atoms with van der Waals surface area (Å²) in [4.78, 5) is 36.1. The summed E-state index contributed by atoms with van der Waals surface area (Å²) in [6, 6.07) is 8.62. The second-order valence-electron chi connectivity index (χ2n) is 6.42. The molecule has 0 bridgehead atoms. The zero-order chi connectivity index (χ0) is 20.1. The first-order valence-electron chi connectivity index (χ1n) is 8.46. The molecule has 0 fully saturated rings. The number of methoxy groups -OCH3 is 1. The Morgan fingerprint density at radius 1 is 0.889 bits per heavy atom. The van der Waals surface area contributed by atoms with Crippen LogP contribution in [0.15, 0.2) is 30.3 Å². The first-order chi connectivity index (χ1) is 12.7. The number of rotatable bonds is 5. The molecule has 0 radical (unpaired) electrons. The molecule has 142 valence electrons. The molecule has 0 unspecified atom stereocenters. The summed E-state index contributed by atoms with van der Waals surface area (Å²) in [6.07, 6.45) is 0. The van der Waals surface area contributed by atoms with Gasteiger partial charge in [-0.2, -0.15) is 0 Å². The van der Waals surface area contributed by atoms with Crippen molar-refractivity contribution in [3.05, 3.63) is 63.7 Å². The van der Waals surface area contributed by atoms with E-state index in [1.165, 1.54) is 13.2 Å². The van der Waals surface area contributed by atoms with Gasteiger partial charge in [0.2, 0.25) is 0 Å². The second-order valence-corrected chi connectivity index (χ2v) is 6.42. The molecule has 2 aromatic rings. The molecule has 0 saturated carbocycles. The average molecular weight is 369 g/mol. The molecule has 27 heavy (non-hydrogen) atoms. The summed E-state index contributed by atoms with van der Waals surface area (Å²) < 4.78 is 9.83. The molecular weight excluding hydrogens is 346 g/mol. The number of anilines is 1. The van der Waals surface area contributed by atoms with Crippen molar-refractivity contribution in [3.8, 4) is 0 Å². The number of ether oxygens (including phenoxy) is 2. The fourth-order valence-electron chi connectivity index (χ4n) is 2.89. The van der Waals surface area contributed by atoms with Gasteiger partial charge in [0.15, 0.2) is 6.61 Å². The highest BCUT2D eigenvalue weighted by Crippen LogP contribution is 2.19. The Balaban J connectivity index is 2.05. The highest BCUT2D eigenvalue weighted by atomic mass is 16.5. The van der Waals surface area contributed by atoms with E-state index in [1.807, 2.05) is 32.9 Å². The van der Waals surface area contributed by atoms with Crippen LogP contribution in [-0.2, 0) is 14.3 Å². The summed E-state index contributed by atoms with van der Waals surface area (Å²) in [5, 5.41) is 2.65. The van der Waals surface area contributed by atoms with E-state index in [2.05, 4.69) is 10.1 Å². The smallest absolute Gasteiger partial charge is 0.339 e. The lowest BCUT2D eigenvalue weighted by molar-refractivity contribution is -0.119. The average Bonchev–Trinajstić information content (AvgIpc) is 2.60. The van der Waals surface area contributed by atoms with Crippen molar-refractivity contribution in [2.24, 2.45) is 0 Å². The fourth-order valence-corrected chi connectivity index (χ4v) is 2.89. The van der Waals surface area contributed by atoms with Gasteiger partial charge in [0.1, 0.15) is 0 Å². The van der Waals surface area contributed by atoms with Gasteiger partial charge < -0.3 is 14.8 Å². The molecule has 0 spiro atoms. The predicted molar refractivity (Wildman–Crippen MR) is 102 cm³/mol. The van der Waals surface area contributed by atoms with Crippen LogP contribution in [0.5, 0.6) is 0 Å². The Hall–Kier alpha value is -3.15. The minimum Gasteiger partial charge on any atom is -0.465 e. The molecule has 0 aliphatic carbocycles. The van der Waals surface area contributed by atoms with Gasteiger partial charge in [0.05, 0.1) is 18.2 Å². The number of hydrogen-bond acceptors (Lipinski definition) is 5. The summed E-state index contributed by atoms with van der Waals surface area (Å²) in [7, 11) is 1.29. The van der Waals surface area contributed by atoms with E-state index in [-0.39, 0.29) is 0 Å². The van der Waals surface area contributed by atoms with Crippen LogP contribution in [0.3, 0.4) is 0 Å². The number of esters is 2. The maximum Gasteiger partial charge on any atom is 0.339 e. The number of benzene rings is 2. The first kappa shape index (κ1) is 20.2. The van der Waals surface area contributed by atoms with E-state index in [1.54, 1.807) is 19.1 Å². The van der Waals surface area contributed by atoms with Crippen LogP contribution in [0.1, 0.15) is 43.0 Å². The number of hydrogen-bond donors (Lipinski definition) is 1. The van der Waals surface area contributed by atoms with Gasteiger partial charge in [-0.1, -0.05) is 23.8 Å². The van der Waals surface area contributed by atoms with Crippen LogP contribution in [0, 0.1) is 27.7 Å². The molecule has 0 heterocycles. The molecule has 0 aliphatic rings. The SMILES string of the molecule is COC(=O)c1ccc(C)c(NC(=O)COC(=O)c2c(C)cc(C)cc2C)c1. The van der Waals surface area contributed by atoms with E-state index >= 15 is 0 Å². The third kappa shape index (κ3) is 4.94. The summed E-state index contributed by atoms with van der Waals surface area (Å²) in [5.74, 6) is -1.53. The molecule has 1 N–H and O–H groups in total. The summed E-state index contributed by atoms with van der Waals surface area (Å²) in [6.45, 7) is 6.99. The lowest BCUT2D eigenvalue weighted by Crippen LogP contribution is -2.22. The van der Waals surface area contributed by atoms with Crippen molar-refractivity contribution < 1.29 is 23.9 Å². The van der Waals surface area contributed by atoms with Crippen molar-refractivity contribution in [1.82, 2.24) is 0 Å². The van der Waals surface area contributed by atoms with E-state index in [9.17, 15) is 14.4 Å². The zero-order valence-electron chi connectivity index (χ0n) is 16.1. The highest BCUT2D eigenvalue weighted by molar-refractivity contribution is 5.98. The Morgan fingerprint density at radius 2 is 1.52 bits per heavy atom. The monoisotopic (exact) mass is 369 g/mol. The topological polar surface area (TPSA) is 81.7 Å². The van der Waals surface area contributed by atoms with E-state index in [0.717, 1.165) is 22.3 Å². The molecule has 6 nitrogen and oxygen atoms in total. The summed E-state index contributed by atoms with van der Waals surface area (Å²) >= 11 is 0. The molecule has 1 amide bonds. The van der Waals surface area contributed by atoms with Crippen molar-refractivity contribution in [2.45, 2.75) is 27.7 Å². The van der Waals surface area contributed by atoms with Crippen LogP contribution < -0.4 is 5.32 Å². The number of carbonyl (C=O) groups is 3. The van der Waals surface area contributed by atoms with E-state index in [0.29, 0.717) is 16.8 Å². The number of amides is 1. The van der Waals surface area contributed by atoms with Gasteiger partial charge >= 0.3 is 11.9 Å². The van der Waals surface area contributed by atoms with Crippen LogP contribution in [0.2, 0.25) is 0 Å². The van der Waals surface area contributed by atoms with Gasteiger partial charge in [0, 0.05) is 5.69 Å². The number of carbonyl (C=O) groups excluding carboxylic acids is 3. The van der Waals surface area contributed by atoms with Crippen molar-refractivity contribution in [1.29, 1.82) is 0 Å². The minimum atomic E-state index is -0.541. The zero-order valence-corrected chi connectivity index (χ0v) is 16.1. The number of nitrogens with one attached hydrogen (secondary N) is 1. The normalized spacial score (nSPS) is 10.3. The highest BCUT2D eigenvalue weighted by Gasteiger charge is 2.16.